The molecule has 0 nitrogen and oxygen atoms in total. The molecule has 0 N–H and O–H groups in total. The Morgan fingerprint density at radius 3 is 2.22 bits per heavy atom. The molecule has 0 spiro atoms. The zero-order chi connectivity index (χ0) is 13.0. The van der Waals surface area contributed by atoms with E-state index in [0.29, 0.717) is 5.41 Å². The van der Waals surface area contributed by atoms with Crippen LogP contribution in [-0.4, -0.2) is 20.9 Å². The third-order valence-corrected chi connectivity index (χ3v) is 6.80. The number of rotatable bonds is 2. The van der Waals surface area contributed by atoms with Crippen molar-refractivity contribution >= 4 is 24.5 Å². The molecule has 1 aliphatic rings. The number of hydrogen-bond acceptors (Lipinski definition) is 0. The Hall–Kier alpha value is -0.250. The molecule has 0 amide bonds. The van der Waals surface area contributed by atoms with Gasteiger partial charge in [-0.05, 0) is 0 Å². The molecular formula is C17H24Te. The Labute approximate surface area is 122 Å². The summed E-state index contributed by atoms with van der Waals surface area (Å²) < 4.78 is 4.16. The molecule has 0 aromatic heterocycles. The van der Waals surface area contributed by atoms with Gasteiger partial charge in [-0.1, -0.05) is 0 Å². The van der Waals surface area contributed by atoms with Gasteiger partial charge in [0.15, 0.2) is 0 Å². The van der Waals surface area contributed by atoms with Crippen molar-refractivity contribution in [2.24, 2.45) is 11.3 Å². The molecule has 0 bridgehead atoms. The molecule has 0 aliphatic heterocycles. The fraction of sp³-hybridized carbons (Fsp3) is 0.529. The van der Waals surface area contributed by atoms with Gasteiger partial charge in [0, 0.05) is 0 Å². The first-order valence-electron chi connectivity index (χ1n) is 6.95. The maximum absolute atomic E-state index is 2.60. The normalized spacial score (nSPS) is 20.8. The molecule has 0 unspecified atom stereocenters. The predicted molar refractivity (Wildman–Crippen MR) is 81.3 cm³/mol. The molecule has 1 aliphatic carbocycles. The summed E-state index contributed by atoms with van der Waals surface area (Å²) in [6.45, 7) is 7.18. The molecule has 1 fully saturated rings. The zero-order valence-corrected chi connectivity index (χ0v) is 14.1. The summed E-state index contributed by atoms with van der Waals surface area (Å²) in [6.07, 6.45) is 5.49. The van der Waals surface area contributed by atoms with Gasteiger partial charge in [0.05, 0.1) is 0 Å². The second-order valence-electron chi connectivity index (χ2n) is 6.35. The Morgan fingerprint density at radius 1 is 1.06 bits per heavy atom. The molecule has 1 heteroatoms. The van der Waals surface area contributed by atoms with Crippen LogP contribution in [0.1, 0.15) is 46.5 Å². The van der Waals surface area contributed by atoms with Gasteiger partial charge in [-0.15, -0.1) is 0 Å². The molecular weight excluding hydrogens is 332 g/mol. The summed E-state index contributed by atoms with van der Waals surface area (Å²) in [5, 5.41) is 0. The van der Waals surface area contributed by atoms with E-state index in [-0.39, 0.29) is 20.9 Å². The van der Waals surface area contributed by atoms with E-state index in [1.165, 1.54) is 25.7 Å². The van der Waals surface area contributed by atoms with E-state index < -0.39 is 0 Å². The average molecular weight is 356 g/mol. The monoisotopic (exact) mass is 358 g/mol. The van der Waals surface area contributed by atoms with Crippen LogP contribution < -0.4 is 3.61 Å². The van der Waals surface area contributed by atoms with Crippen LogP contribution in [0.3, 0.4) is 0 Å². The van der Waals surface area contributed by atoms with Crippen LogP contribution in [0.4, 0.5) is 0 Å². The van der Waals surface area contributed by atoms with Crippen molar-refractivity contribution in [3.8, 4) is 0 Å². The van der Waals surface area contributed by atoms with Crippen molar-refractivity contribution in [1.29, 1.82) is 0 Å². The second kappa shape index (κ2) is 6.27. The van der Waals surface area contributed by atoms with Gasteiger partial charge in [-0.25, -0.2) is 0 Å². The SMILES string of the molecule is CC(C)(C)C1CCC(=C[Te]c2ccccc2)CC1. The third kappa shape index (κ3) is 4.15. The van der Waals surface area contributed by atoms with Gasteiger partial charge in [0.25, 0.3) is 0 Å². The standard InChI is InChI=1S/C17H24Te/c1-17(2,3)15-11-9-14(10-12-15)13-18-16-7-5-4-6-8-16/h4-8,13,15H,9-12H2,1-3H3. The van der Waals surface area contributed by atoms with E-state index in [0.717, 1.165) is 5.92 Å². The Bertz CT molecular complexity index is 387. The fourth-order valence-corrected chi connectivity index (χ4v) is 5.06. The molecule has 98 valence electrons. The summed E-state index contributed by atoms with van der Waals surface area (Å²) in [5.41, 5.74) is 2.24. The minimum atomic E-state index is -0.0877. The van der Waals surface area contributed by atoms with Crippen molar-refractivity contribution in [1.82, 2.24) is 0 Å². The second-order valence-corrected chi connectivity index (χ2v) is 9.04. The molecule has 0 atom stereocenters. The van der Waals surface area contributed by atoms with Crippen LogP contribution in [0.5, 0.6) is 0 Å². The van der Waals surface area contributed by atoms with Crippen LogP contribution in [0.15, 0.2) is 40.0 Å². The number of hydrogen-bond donors (Lipinski definition) is 0. The van der Waals surface area contributed by atoms with Crippen molar-refractivity contribution in [3.63, 3.8) is 0 Å². The van der Waals surface area contributed by atoms with Crippen molar-refractivity contribution in [2.45, 2.75) is 46.5 Å². The quantitative estimate of drug-likeness (QED) is 0.699. The number of allylic oxidation sites excluding steroid dienone is 1. The topological polar surface area (TPSA) is 0 Å². The van der Waals surface area contributed by atoms with Crippen LogP contribution >= 0.6 is 0 Å². The van der Waals surface area contributed by atoms with Gasteiger partial charge in [0.2, 0.25) is 0 Å². The summed E-state index contributed by atoms with van der Waals surface area (Å²) in [5.74, 6) is 0.923. The van der Waals surface area contributed by atoms with E-state index in [2.05, 4.69) is 55.2 Å². The van der Waals surface area contributed by atoms with Gasteiger partial charge in [-0.3, -0.25) is 0 Å². The number of benzene rings is 1. The van der Waals surface area contributed by atoms with Crippen LogP contribution in [0, 0.1) is 11.3 Å². The predicted octanol–water partition coefficient (Wildman–Crippen LogP) is 4.14. The van der Waals surface area contributed by atoms with Crippen molar-refractivity contribution < 1.29 is 0 Å². The molecule has 1 aromatic rings. The molecule has 0 heterocycles. The van der Waals surface area contributed by atoms with E-state index in [4.69, 9.17) is 0 Å². The molecule has 18 heavy (non-hydrogen) atoms. The first kappa shape index (κ1) is 14.2. The zero-order valence-electron chi connectivity index (χ0n) is 11.8. The van der Waals surface area contributed by atoms with Crippen LogP contribution in [-0.2, 0) is 0 Å². The summed E-state index contributed by atoms with van der Waals surface area (Å²) in [7, 11) is 0. The van der Waals surface area contributed by atoms with Gasteiger partial charge in [-0.2, -0.15) is 0 Å². The van der Waals surface area contributed by atoms with Gasteiger partial charge < -0.3 is 0 Å². The first-order valence-corrected chi connectivity index (χ1v) is 9.46. The van der Waals surface area contributed by atoms with Crippen molar-refractivity contribution in [2.75, 3.05) is 0 Å². The molecule has 2 rings (SSSR count). The first-order chi connectivity index (χ1) is 8.55. The summed E-state index contributed by atoms with van der Waals surface area (Å²) >= 11 is -0.0877. The molecule has 1 saturated carbocycles. The van der Waals surface area contributed by atoms with E-state index >= 15 is 0 Å². The van der Waals surface area contributed by atoms with E-state index in [1.807, 2.05) is 0 Å². The van der Waals surface area contributed by atoms with Crippen LogP contribution in [0.25, 0.3) is 0 Å². The summed E-state index contributed by atoms with van der Waals surface area (Å²) in [6, 6.07) is 11.0. The summed E-state index contributed by atoms with van der Waals surface area (Å²) in [4.78, 5) is 0. The Balaban J connectivity index is 1.86. The molecule has 0 saturated heterocycles. The Morgan fingerprint density at radius 2 is 1.67 bits per heavy atom. The van der Waals surface area contributed by atoms with Crippen LogP contribution in [0.2, 0.25) is 0 Å². The van der Waals surface area contributed by atoms with Gasteiger partial charge >= 0.3 is 122 Å². The molecule has 1 aromatic carbocycles. The molecule has 0 radical (unpaired) electrons. The third-order valence-electron chi connectivity index (χ3n) is 3.96. The minimum absolute atomic E-state index is 0.0877. The van der Waals surface area contributed by atoms with E-state index in [9.17, 15) is 0 Å². The van der Waals surface area contributed by atoms with Gasteiger partial charge in [0.1, 0.15) is 0 Å². The van der Waals surface area contributed by atoms with E-state index in [1.54, 1.807) is 9.18 Å². The Kier molecular flexibility index (Phi) is 4.93. The maximum atomic E-state index is 2.60. The fourth-order valence-electron chi connectivity index (χ4n) is 2.62. The van der Waals surface area contributed by atoms with Crippen molar-refractivity contribution in [3.05, 3.63) is 40.0 Å². The average Bonchev–Trinajstić information content (AvgIpc) is 2.37.